The molecule has 0 amide bonds. The molecule has 0 unspecified atom stereocenters. The molecule has 3 rings (SSSR count). The highest BCUT2D eigenvalue weighted by Crippen LogP contribution is 2.20. The van der Waals surface area contributed by atoms with Crippen LogP contribution in [0.4, 0.5) is 5.69 Å². The molecular formula is C16H16N2O. The average Bonchev–Trinajstić information content (AvgIpc) is 2.85. The van der Waals surface area contributed by atoms with E-state index < -0.39 is 0 Å². The number of nitrogens with two attached hydrogens (primary N) is 1. The van der Waals surface area contributed by atoms with Crippen molar-refractivity contribution in [3.05, 3.63) is 65.9 Å². The van der Waals surface area contributed by atoms with Crippen LogP contribution in [0.5, 0.6) is 0 Å². The van der Waals surface area contributed by atoms with Gasteiger partial charge in [-0.15, -0.1) is 0 Å². The van der Waals surface area contributed by atoms with Crippen LogP contribution in [0.3, 0.4) is 0 Å². The van der Waals surface area contributed by atoms with Gasteiger partial charge in [0.05, 0.1) is 6.26 Å². The van der Waals surface area contributed by atoms with Crippen LogP contribution in [0.25, 0.3) is 11.0 Å². The van der Waals surface area contributed by atoms with Crippen LogP contribution in [0.1, 0.15) is 11.1 Å². The third kappa shape index (κ3) is 2.61. The summed E-state index contributed by atoms with van der Waals surface area (Å²) < 4.78 is 5.51. The van der Waals surface area contributed by atoms with Gasteiger partial charge in [-0.25, -0.2) is 0 Å². The molecule has 0 aliphatic heterocycles. The maximum Gasteiger partial charge on any atom is 0.134 e. The first-order valence-corrected chi connectivity index (χ1v) is 6.33. The van der Waals surface area contributed by atoms with Crippen molar-refractivity contribution in [1.82, 2.24) is 5.32 Å². The van der Waals surface area contributed by atoms with Gasteiger partial charge in [0.25, 0.3) is 0 Å². The first-order valence-electron chi connectivity index (χ1n) is 6.33. The maximum atomic E-state index is 5.66. The Morgan fingerprint density at radius 2 is 1.74 bits per heavy atom. The van der Waals surface area contributed by atoms with E-state index in [4.69, 9.17) is 10.2 Å². The fraction of sp³-hybridized carbons (Fsp3) is 0.125. The highest BCUT2D eigenvalue weighted by molar-refractivity contribution is 5.80. The summed E-state index contributed by atoms with van der Waals surface area (Å²) in [6, 6.07) is 16.0. The Morgan fingerprint density at radius 3 is 2.58 bits per heavy atom. The van der Waals surface area contributed by atoms with Gasteiger partial charge in [0.2, 0.25) is 0 Å². The zero-order chi connectivity index (χ0) is 13.1. The molecule has 1 heterocycles. The van der Waals surface area contributed by atoms with Crippen molar-refractivity contribution in [2.75, 3.05) is 5.73 Å². The van der Waals surface area contributed by atoms with Crippen molar-refractivity contribution in [2.45, 2.75) is 13.1 Å². The van der Waals surface area contributed by atoms with Crippen LogP contribution in [-0.2, 0) is 13.1 Å². The summed E-state index contributed by atoms with van der Waals surface area (Å²) in [7, 11) is 0. The van der Waals surface area contributed by atoms with E-state index in [9.17, 15) is 0 Å². The predicted octanol–water partition coefficient (Wildman–Crippen LogP) is 3.30. The number of hydrogen-bond acceptors (Lipinski definition) is 3. The first-order chi connectivity index (χ1) is 9.33. The first kappa shape index (κ1) is 11.8. The van der Waals surface area contributed by atoms with Gasteiger partial charge >= 0.3 is 0 Å². The SMILES string of the molecule is Nc1ccc(CNCc2coc3ccccc23)cc1. The summed E-state index contributed by atoms with van der Waals surface area (Å²) in [6.45, 7) is 1.61. The molecular weight excluding hydrogens is 236 g/mol. The Balaban J connectivity index is 1.65. The number of furan rings is 1. The Morgan fingerprint density at radius 1 is 0.947 bits per heavy atom. The number of rotatable bonds is 4. The number of para-hydroxylation sites is 1. The second-order valence-corrected chi connectivity index (χ2v) is 4.60. The van der Waals surface area contributed by atoms with Crippen LogP contribution < -0.4 is 11.1 Å². The maximum absolute atomic E-state index is 5.66. The van der Waals surface area contributed by atoms with Gasteiger partial charge < -0.3 is 15.5 Å². The van der Waals surface area contributed by atoms with Gasteiger partial charge in [0.1, 0.15) is 5.58 Å². The van der Waals surface area contributed by atoms with Crippen molar-refractivity contribution in [2.24, 2.45) is 0 Å². The molecule has 2 aromatic carbocycles. The molecule has 0 aliphatic carbocycles. The molecule has 0 atom stereocenters. The number of nitrogen functional groups attached to an aromatic ring is 1. The minimum atomic E-state index is 0.793. The van der Waals surface area contributed by atoms with Crippen molar-refractivity contribution in [1.29, 1.82) is 0 Å². The molecule has 3 aromatic rings. The minimum absolute atomic E-state index is 0.793. The molecule has 0 saturated heterocycles. The Bertz CT molecular complexity index is 671. The average molecular weight is 252 g/mol. The fourth-order valence-electron chi connectivity index (χ4n) is 2.15. The summed E-state index contributed by atoms with van der Waals surface area (Å²) in [4.78, 5) is 0. The predicted molar refractivity (Wildman–Crippen MR) is 77.6 cm³/mol. The van der Waals surface area contributed by atoms with Crippen LogP contribution in [-0.4, -0.2) is 0 Å². The lowest BCUT2D eigenvalue weighted by molar-refractivity contribution is 0.602. The van der Waals surface area contributed by atoms with Crippen LogP contribution in [0.2, 0.25) is 0 Å². The van der Waals surface area contributed by atoms with Gasteiger partial charge in [-0.3, -0.25) is 0 Å². The molecule has 0 fully saturated rings. The fourth-order valence-corrected chi connectivity index (χ4v) is 2.15. The van der Waals surface area contributed by atoms with Crippen LogP contribution in [0.15, 0.2) is 59.2 Å². The quantitative estimate of drug-likeness (QED) is 0.700. The smallest absolute Gasteiger partial charge is 0.134 e. The molecule has 1 aromatic heterocycles. The molecule has 0 saturated carbocycles. The normalized spacial score (nSPS) is 10.9. The summed E-state index contributed by atoms with van der Waals surface area (Å²) in [5, 5.41) is 4.59. The number of nitrogens with one attached hydrogen (secondary N) is 1. The molecule has 3 N–H and O–H groups in total. The van der Waals surface area contributed by atoms with Gasteiger partial charge in [0.15, 0.2) is 0 Å². The lowest BCUT2D eigenvalue weighted by Gasteiger charge is -2.04. The molecule has 0 bridgehead atoms. The second kappa shape index (κ2) is 5.16. The number of hydrogen-bond donors (Lipinski definition) is 2. The van der Waals surface area contributed by atoms with Crippen LogP contribution in [0, 0.1) is 0 Å². The molecule has 3 heteroatoms. The zero-order valence-electron chi connectivity index (χ0n) is 10.6. The molecule has 0 aliphatic rings. The highest BCUT2D eigenvalue weighted by Gasteiger charge is 2.04. The van der Waals surface area contributed by atoms with Gasteiger partial charge in [-0.1, -0.05) is 30.3 Å². The molecule has 96 valence electrons. The lowest BCUT2D eigenvalue weighted by atomic mass is 10.1. The van der Waals surface area contributed by atoms with E-state index in [0.717, 1.165) is 24.4 Å². The number of anilines is 1. The molecule has 19 heavy (non-hydrogen) atoms. The van der Waals surface area contributed by atoms with E-state index in [1.165, 1.54) is 16.5 Å². The van der Waals surface area contributed by atoms with E-state index in [1.807, 2.05) is 48.7 Å². The van der Waals surface area contributed by atoms with E-state index in [2.05, 4.69) is 11.4 Å². The highest BCUT2D eigenvalue weighted by atomic mass is 16.3. The van der Waals surface area contributed by atoms with Crippen molar-refractivity contribution in [3.63, 3.8) is 0 Å². The standard InChI is InChI=1S/C16H16N2O/c17-14-7-5-12(6-8-14)9-18-10-13-11-19-16-4-2-1-3-15(13)16/h1-8,11,18H,9-10,17H2. The third-order valence-corrected chi connectivity index (χ3v) is 3.19. The van der Waals surface area contributed by atoms with Gasteiger partial charge in [0, 0.05) is 29.7 Å². The summed E-state index contributed by atoms with van der Waals surface area (Å²) in [6.07, 6.45) is 1.82. The molecule has 3 nitrogen and oxygen atoms in total. The van der Waals surface area contributed by atoms with Gasteiger partial charge in [-0.2, -0.15) is 0 Å². The third-order valence-electron chi connectivity index (χ3n) is 3.19. The van der Waals surface area contributed by atoms with Crippen molar-refractivity contribution in [3.8, 4) is 0 Å². The topological polar surface area (TPSA) is 51.2 Å². The largest absolute Gasteiger partial charge is 0.464 e. The Labute approximate surface area is 112 Å². The van der Waals surface area contributed by atoms with Crippen molar-refractivity contribution < 1.29 is 4.42 Å². The minimum Gasteiger partial charge on any atom is -0.464 e. The van der Waals surface area contributed by atoms with E-state index in [0.29, 0.717) is 0 Å². The second-order valence-electron chi connectivity index (χ2n) is 4.60. The van der Waals surface area contributed by atoms with Crippen LogP contribution >= 0.6 is 0 Å². The lowest BCUT2D eigenvalue weighted by Crippen LogP contribution is -2.12. The summed E-state index contributed by atoms with van der Waals surface area (Å²) in [5.74, 6) is 0. The number of benzene rings is 2. The monoisotopic (exact) mass is 252 g/mol. The Kier molecular flexibility index (Phi) is 3.21. The van der Waals surface area contributed by atoms with Gasteiger partial charge in [-0.05, 0) is 23.8 Å². The summed E-state index contributed by atoms with van der Waals surface area (Å²) in [5.41, 5.74) is 9.80. The van der Waals surface area contributed by atoms with E-state index in [1.54, 1.807) is 0 Å². The van der Waals surface area contributed by atoms with E-state index >= 15 is 0 Å². The van der Waals surface area contributed by atoms with Crippen molar-refractivity contribution >= 4 is 16.7 Å². The number of fused-ring (bicyclic) bond motifs is 1. The molecule has 0 radical (unpaired) electrons. The zero-order valence-corrected chi connectivity index (χ0v) is 10.6. The molecule has 0 spiro atoms. The Hall–Kier alpha value is -2.26. The summed E-state index contributed by atoms with van der Waals surface area (Å²) >= 11 is 0. The van der Waals surface area contributed by atoms with E-state index in [-0.39, 0.29) is 0 Å².